The van der Waals surface area contributed by atoms with Gasteiger partial charge < -0.3 is 4.74 Å². The second kappa shape index (κ2) is 6.01. The van der Waals surface area contributed by atoms with Gasteiger partial charge in [-0.25, -0.2) is 13.2 Å². The fourth-order valence-corrected chi connectivity index (χ4v) is 1.86. The molecule has 0 N–H and O–H groups in total. The highest BCUT2D eigenvalue weighted by atomic mass is 35.5. The van der Waals surface area contributed by atoms with Gasteiger partial charge in [0, 0.05) is 23.8 Å². The van der Waals surface area contributed by atoms with E-state index in [1.165, 1.54) is 18.2 Å². The molecule has 0 unspecified atom stereocenters. The van der Waals surface area contributed by atoms with Crippen molar-refractivity contribution in [3.8, 4) is 16.9 Å². The summed E-state index contributed by atoms with van der Waals surface area (Å²) in [5, 5.41) is -0.326. The minimum Gasteiger partial charge on any atom is -0.489 e. The molecule has 2 rings (SSSR count). The molecule has 0 bridgehead atoms. The molecule has 0 saturated heterocycles. The largest absolute Gasteiger partial charge is 0.489 e. The van der Waals surface area contributed by atoms with Gasteiger partial charge >= 0.3 is 0 Å². The van der Waals surface area contributed by atoms with E-state index in [1.807, 2.05) is 0 Å². The standard InChI is InChI=1S/C15H9ClF3O/c1-2-6-20-9-7-12(17)14(13(18)8-9)10-4-3-5-11(16)15(10)19/h2-4,7-8H,1,6H2. The molecule has 0 aliphatic rings. The first-order chi connectivity index (χ1) is 9.54. The quantitative estimate of drug-likeness (QED) is 0.737. The van der Waals surface area contributed by atoms with Gasteiger partial charge in [0.25, 0.3) is 0 Å². The van der Waals surface area contributed by atoms with E-state index in [0.29, 0.717) is 0 Å². The minimum atomic E-state index is -0.940. The van der Waals surface area contributed by atoms with Crippen LogP contribution in [0.25, 0.3) is 11.1 Å². The maximum Gasteiger partial charge on any atom is 0.150 e. The van der Waals surface area contributed by atoms with Crippen LogP contribution in [-0.4, -0.2) is 6.61 Å². The van der Waals surface area contributed by atoms with Crippen LogP contribution >= 0.6 is 11.6 Å². The summed E-state index contributed by atoms with van der Waals surface area (Å²) < 4.78 is 46.8. The van der Waals surface area contributed by atoms with Crippen LogP contribution in [0.3, 0.4) is 0 Å². The van der Waals surface area contributed by atoms with Gasteiger partial charge in [0.05, 0.1) is 10.6 Å². The molecule has 0 amide bonds. The SMILES string of the molecule is C=CCOc1cc(F)c(-c2cc[c]c(Cl)c2F)c(F)c1. The van der Waals surface area contributed by atoms with E-state index in [2.05, 4.69) is 12.6 Å². The van der Waals surface area contributed by atoms with Crippen molar-refractivity contribution in [2.24, 2.45) is 0 Å². The molecular formula is C15H9ClF3O. The zero-order valence-electron chi connectivity index (χ0n) is 10.2. The fourth-order valence-electron chi connectivity index (χ4n) is 1.69. The summed E-state index contributed by atoms with van der Waals surface area (Å²) in [6.45, 7) is 3.54. The molecule has 1 radical (unpaired) electrons. The number of hydrogen-bond donors (Lipinski definition) is 0. The highest BCUT2D eigenvalue weighted by Gasteiger charge is 2.18. The average molecular weight is 298 g/mol. The van der Waals surface area contributed by atoms with Crippen LogP contribution in [0.15, 0.2) is 36.9 Å². The Hall–Kier alpha value is -1.94. The van der Waals surface area contributed by atoms with Gasteiger partial charge in [-0.3, -0.25) is 0 Å². The minimum absolute atomic E-state index is 0.00218. The summed E-state index contributed by atoms with van der Waals surface area (Å²) in [5.74, 6) is -2.81. The van der Waals surface area contributed by atoms with Crippen LogP contribution in [0.2, 0.25) is 5.02 Å². The Labute approximate surface area is 119 Å². The van der Waals surface area contributed by atoms with E-state index in [0.717, 1.165) is 12.1 Å². The van der Waals surface area contributed by atoms with Gasteiger partial charge in [-0.2, -0.15) is 0 Å². The molecule has 2 aromatic rings. The predicted molar refractivity (Wildman–Crippen MR) is 71.3 cm³/mol. The molecule has 20 heavy (non-hydrogen) atoms. The molecular weight excluding hydrogens is 289 g/mol. The van der Waals surface area contributed by atoms with Gasteiger partial charge in [0.2, 0.25) is 0 Å². The van der Waals surface area contributed by atoms with Crippen LogP contribution in [0.5, 0.6) is 5.75 Å². The number of ether oxygens (including phenoxy) is 1. The smallest absolute Gasteiger partial charge is 0.150 e. The molecule has 0 fully saturated rings. The normalized spacial score (nSPS) is 10.4. The first kappa shape index (κ1) is 14.5. The summed E-state index contributed by atoms with van der Waals surface area (Å²) in [7, 11) is 0. The molecule has 0 aliphatic heterocycles. The molecule has 0 atom stereocenters. The van der Waals surface area contributed by atoms with Crippen LogP contribution < -0.4 is 4.74 Å². The van der Waals surface area contributed by atoms with Crippen LogP contribution in [0, 0.1) is 23.5 Å². The fraction of sp³-hybridized carbons (Fsp3) is 0.0667. The lowest BCUT2D eigenvalue weighted by Crippen LogP contribution is -1.98. The Balaban J connectivity index is 2.52. The van der Waals surface area contributed by atoms with Crippen molar-refractivity contribution in [3.63, 3.8) is 0 Å². The van der Waals surface area contributed by atoms with Gasteiger partial charge in [0.1, 0.15) is 29.8 Å². The van der Waals surface area contributed by atoms with E-state index in [1.54, 1.807) is 0 Å². The number of halogens is 4. The van der Waals surface area contributed by atoms with Crippen molar-refractivity contribution >= 4 is 11.6 Å². The highest BCUT2D eigenvalue weighted by Crippen LogP contribution is 2.33. The summed E-state index contributed by atoms with van der Waals surface area (Å²) in [6.07, 6.45) is 1.44. The van der Waals surface area contributed by atoms with Crippen molar-refractivity contribution in [1.29, 1.82) is 0 Å². The van der Waals surface area contributed by atoms with Crippen molar-refractivity contribution in [1.82, 2.24) is 0 Å². The van der Waals surface area contributed by atoms with Gasteiger partial charge in [-0.05, 0) is 0 Å². The zero-order valence-corrected chi connectivity index (χ0v) is 11.0. The molecule has 0 heterocycles. The van der Waals surface area contributed by atoms with Gasteiger partial charge in [-0.15, -0.1) is 0 Å². The lowest BCUT2D eigenvalue weighted by Gasteiger charge is -2.10. The number of hydrogen-bond acceptors (Lipinski definition) is 1. The van der Waals surface area contributed by atoms with Crippen LogP contribution in [0.1, 0.15) is 0 Å². The topological polar surface area (TPSA) is 9.23 Å². The van der Waals surface area contributed by atoms with E-state index < -0.39 is 23.0 Å². The maximum atomic E-state index is 14.0. The van der Waals surface area contributed by atoms with E-state index in [4.69, 9.17) is 16.3 Å². The molecule has 2 aromatic carbocycles. The zero-order chi connectivity index (χ0) is 14.7. The van der Waals surface area contributed by atoms with Crippen LogP contribution in [-0.2, 0) is 0 Å². The highest BCUT2D eigenvalue weighted by molar-refractivity contribution is 6.30. The predicted octanol–water partition coefficient (Wildman–Crippen LogP) is 4.79. The van der Waals surface area contributed by atoms with E-state index in [-0.39, 0.29) is 22.9 Å². The van der Waals surface area contributed by atoms with Crippen molar-refractivity contribution in [2.45, 2.75) is 0 Å². The summed E-state index contributed by atoms with van der Waals surface area (Å²) >= 11 is 5.56. The Bertz CT molecular complexity index is 633. The second-order valence-corrected chi connectivity index (χ2v) is 4.26. The Morgan fingerprint density at radius 2 is 1.90 bits per heavy atom. The summed E-state index contributed by atoms with van der Waals surface area (Å²) in [6, 6.07) is 6.85. The average Bonchev–Trinajstić information content (AvgIpc) is 2.40. The molecule has 0 saturated carbocycles. The maximum absolute atomic E-state index is 14.0. The summed E-state index contributed by atoms with van der Waals surface area (Å²) in [5.41, 5.74) is -0.761. The Morgan fingerprint density at radius 1 is 1.25 bits per heavy atom. The third-order valence-electron chi connectivity index (χ3n) is 2.54. The monoisotopic (exact) mass is 297 g/mol. The van der Waals surface area contributed by atoms with Crippen molar-refractivity contribution in [2.75, 3.05) is 6.61 Å². The molecule has 5 heteroatoms. The van der Waals surface area contributed by atoms with E-state index in [9.17, 15) is 13.2 Å². The summed E-state index contributed by atoms with van der Waals surface area (Å²) in [4.78, 5) is 0. The Morgan fingerprint density at radius 3 is 2.50 bits per heavy atom. The van der Waals surface area contributed by atoms with Gasteiger partial charge in [0.15, 0.2) is 0 Å². The molecule has 1 nitrogen and oxygen atoms in total. The molecule has 103 valence electrons. The lowest BCUT2D eigenvalue weighted by molar-refractivity contribution is 0.358. The molecule has 0 spiro atoms. The lowest BCUT2D eigenvalue weighted by atomic mass is 10.0. The third-order valence-corrected chi connectivity index (χ3v) is 2.82. The number of rotatable bonds is 4. The number of benzene rings is 2. The van der Waals surface area contributed by atoms with Crippen molar-refractivity contribution < 1.29 is 17.9 Å². The first-order valence-corrected chi connectivity index (χ1v) is 6.01. The van der Waals surface area contributed by atoms with E-state index >= 15 is 0 Å². The van der Waals surface area contributed by atoms with Gasteiger partial charge in [-0.1, -0.05) is 36.4 Å². The van der Waals surface area contributed by atoms with Crippen molar-refractivity contribution in [3.05, 3.63) is 65.5 Å². The molecule has 0 aliphatic carbocycles. The van der Waals surface area contributed by atoms with Crippen LogP contribution in [0.4, 0.5) is 13.2 Å². The molecule has 0 aromatic heterocycles. The first-order valence-electron chi connectivity index (χ1n) is 5.63. The Kier molecular flexibility index (Phi) is 4.35. The third kappa shape index (κ3) is 2.80. The second-order valence-electron chi connectivity index (χ2n) is 3.88.